The number of nitrogens with one attached hydrogen (secondary N) is 1. The smallest absolute Gasteiger partial charge is 0.248 e. The van der Waals surface area contributed by atoms with Gasteiger partial charge < -0.3 is 16.8 Å². The number of anilines is 2. The molecular weight excluding hydrogens is 238 g/mol. The molecule has 0 atom stereocenters. The maximum absolute atomic E-state index is 10.9. The Balaban J connectivity index is 1.85. The van der Waals surface area contributed by atoms with Crippen LogP contribution in [-0.4, -0.2) is 12.5 Å². The Hall–Kier alpha value is -2.49. The second-order valence-corrected chi connectivity index (χ2v) is 4.36. The van der Waals surface area contributed by atoms with Crippen molar-refractivity contribution < 1.29 is 4.79 Å². The van der Waals surface area contributed by atoms with Crippen LogP contribution in [0.25, 0.3) is 0 Å². The molecule has 2 aromatic carbocycles. The van der Waals surface area contributed by atoms with Gasteiger partial charge in [0.1, 0.15) is 0 Å². The number of nitrogens with two attached hydrogens (primary N) is 2. The Bertz CT molecular complexity index is 547. The van der Waals surface area contributed by atoms with Gasteiger partial charge in [-0.3, -0.25) is 4.79 Å². The van der Waals surface area contributed by atoms with Gasteiger partial charge in [0.25, 0.3) is 0 Å². The lowest BCUT2D eigenvalue weighted by molar-refractivity contribution is 0.100. The average molecular weight is 255 g/mol. The largest absolute Gasteiger partial charge is 0.399 e. The topological polar surface area (TPSA) is 81.1 Å². The number of hydrogen-bond donors (Lipinski definition) is 3. The molecule has 0 saturated heterocycles. The van der Waals surface area contributed by atoms with Gasteiger partial charge in [-0.05, 0) is 48.4 Å². The first-order valence-electron chi connectivity index (χ1n) is 6.13. The van der Waals surface area contributed by atoms with Gasteiger partial charge in [0.05, 0.1) is 0 Å². The van der Waals surface area contributed by atoms with Gasteiger partial charge in [-0.15, -0.1) is 0 Å². The van der Waals surface area contributed by atoms with Crippen LogP contribution >= 0.6 is 0 Å². The van der Waals surface area contributed by atoms with E-state index in [0.717, 1.165) is 24.3 Å². The maximum Gasteiger partial charge on any atom is 0.248 e. The first-order valence-corrected chi connectivity index (χ1v) is 6.13. The summed E-state index contributed by atoms with van der Waals surface area (Å²) < 4.78 is 0. The van der Waals surface area contributed by atoms with Crippen LogP contribution in [-0.2, 0) is 6.42 Å². The van der Waals surface area contributed by atoms with Crippen LogP contribution in [0.15, 0.2) is 48.5 Å². The molecule has 0 bridgehead atoms. The zero-order valence-corrected chi connectivity index (χ0v) is 10.6. The van der Waals surface area contributed by atoms with Crippen LogP contribution in [0, 0.1) is 0 Å². The summed E-state index contributed by atoms with van der Waals surface area (Å²) in [6.07, 6.45) is 0.915. The van der Waals surface area contributed by atoms with Gasteiger partial charge in [0.2, 0.25) is 5.91 Å². The lowest BCUT2D eigenvalue weighted by Crippen LogP contribution is -2.11. The highest BCUT2D eigenvalue weighted by molar-refractivity contribution is 5.93. The van der Waals surface area contributed by atoms with Crippen molar-refractivity contribution in [2.24, 2.45) is 5.73 Å². The average Bonchev–Trinajstić information content (AvgIpc) is 2.41. The number of hydrogen-bond acceptors (Lipinski definition) is 3. The lowest BCUT2D eigenvalue weighted by Gasteiger charge is -2.07. The molecule has 2 aromatic rings. The third kappa shape index (κ3) is 3.74. The fourth-order valence-corrected chi connectivity index (χ4v) is 1.79. The molecule has 0 aliphatic heterocycles. The van der Waals surface area contributed by atoms with Crippen molar-refractivity contribution in [3.8, 4) is 0 Å². The van der Waals surface area contributed by atoms with Crippen LogP contribution in [0.2, 0.25) is 0 Å². The number of carbonyl (C=O) groups is 1. The molecule has 0 aromatic heterocycles. The molecule has 0 saturated carbocycles. The Labute approximate surface area is 112 Å². The molecule has 0 aliphatic rings. The monoisotopic (exact) mass is 255 g/mol. The maximum atomic E-state index is 10.9. The number of carbonyl (C=O) groups excluding carboxylic acids is 1. The quantitative estimate of drug-likeness (QED) is 0.715. The molecule has 4 nitrogen and oxygen atoms in total. The van der Waals surface area contributed by atoms with E-state index in [4.69, 9.17) is 11.5 Å². The van der Waals surface area contributed by atoms with E-state index in [-0.39, 0.29) is 0 Å². The minimum Gasteiger partial charge on any atom is -0.399 e. The summed E-state index contributed by atoms with van der Waals surface area (Å²) >= 11 is 0. The highest BCUT2D eigenvalue weighted by Gasteiger charge is 1.99. The summed E-state index contributed by atoms with van der Waals surface area (Å²) in [7, 11) is 0. The third-order valence-corrected chi connectivity index (χ3v) is 2.89. The highest BCUT2D eigenvalue weighted by Crippen LogP contribution is 2.10. The molecule has 1 amide bonds. The van der Waals surface area contributed by atoms with E-state index in [1.807, 2.05) is 36.4 Å². The van der Waals surface area contributed by atoms with Crippen molar-refractivity contribution in [1.29, 1.82) is 0 Å². The van der Waals surface area contributed by atoms with Crippen molar-refractivity contribution in [2.75, 3.05) is 17.6 Å². The molecule has 98 valence electrons. The Morgan fingerprint density at radius 3 is 2.21 bits per heavy atom. The second-order valence-electron chi connectivity index (χ2n) is 4.36. The Kier molecular flexibility index (Phi) is 4.03. The van der Waals surface area contributed by atoms with E-state index >= 15 is 0 Å². The molecule has 0 spiro atoms. The van der Waals surface area contributed by atoms with Crippen molar-refractivity contribution in [3.63, 3.8) is 0 Å². The fraction of sp³-hybridized carbons (Fsp3) is 0.133. The zero-order valence-electron chi connectivity index (χ0n) is 10.6. The van der Waals surface area contributed by atoms with Crippen molar-refractivity contribution in [2.45, 2.75) is 6.42 Å². The normalized spacial score (nSPS) is 10.1. The predicted octanol–water partition coefficient (Wildman–Crippen LogP) is 2.02. The van der Waals surface area contributed by atoms with Crippen molar-refractivity contribution >= 4 is 17.3 Å². The Morgan fingerprint density at radius 1 is 1.00 bits per heavy atom. The van der Waals surface area contributed by atoms with Crippen LogP contribution in [0.5, 0.6) is 0 Å². The van der Waals surface area contributed by atoms with Gasteiger partial charge in [-0.25, -0.2) is 0 Å². The summed E-state index contributed by atoms with van der Waals surface area (Å²) in [4.78, 5) is 10.9. The van der Waals surface area contributed by atoms with Gasteiger partial charge in [-0.2, -0.15) is 0 Å². The zero-order chi connectivity index (χ0) is 13.7. The van der Waals surface area contributed by atoms with E-state index in [1.54, 1.807) is 12.1 Å². The lowest BCUT2D eigenvalue weighted by atomic mass is 10.1. The van der Waals surface area contributed by atoms with E-state index < -0.39 is 5.91 Å². The third-order valence-electron chi connectivity index (χ3n) is 2.89. The van der Waals surface area contributed by atoms with E-state index in [1.165, 1.54) is 5.56 Å². The predicted molar refractivity (Wildman–Crippen MR) is 78.0 cm³/mol. The molecule has 0 unspecified atom stereocenters. The number of amides is 1. The van der Waals surface area contributed by atoms with Crippen molar-refractivity contribution in [3.05, 3.63) is 59.7 Å². The first-order chi connectivity index (χ1) is 9.15. The van der Waals surface area contributed by atoms with E-state index in [9.17, 15) is 4.79 Å². The van der Waals surface area contributed by atoms with E-state index in [0.29, 0.717) is 5.56 Å². The summed E-state index contributed by atoms with van der Waals surface area (Å²) in [6, 6.07) is 15.0. The standard InChI is InChI=1S/C15H17N3O/c16-13-5-1-11(2-6-13)9-10-18-14-7-3-12(4-8-14)15(17)19/h1-8,18H,9-10,16H2,(H2,17,19). The van der Waals surface area contributed by atoms with Crippen LogP contribution in [0.1, 0.15) is 15.9 Å². The summed E-state index contributed by atoms with van der Waals surface area (Å²) in [5.41, 5.74) is 14.3. The van der Waals surface area contributed by atoms with Crippen LogP contribution < -0.4 is 16.8 Å². The number of benzene rings is 2. The molecule has 4 heteroatoms. The molecule has 19 heavy (non-hydrogen) atoms. The molecule has 2 rings (SSSR count). The number of primary amides is 1. The van der Waals surface area contributed by atoms with Gasteiger partial charge in [0.15, 0.2) is 0 Å². The SMILES string of the molecule is NC(=O)c1ccc(NCCc2ccc(N)cc2)cc1. The van der Waals surface area contributed by atoms with Gasteiger partial charge in [0, 0.05) is 23.5 Å². The molecule has 0 heterocycles. The molecule has 0 fully saturated rings. The summed E-state index contributed by atoms with van der Waals surface area (Å²) in [5, 5.41) is 3.29. The van der Waals surface area contributed by atoms with Crippen molar-refractivity contribution in [1.82, 2.24) is 0 Å². The van der Waals surface area contributed by atoms with Crippen LogP contribution in [0.3, 0.4) is 0 Å². The molecule has 5 N–H and O–H groups in total. The minimum absolute atomic E-state index is 0.409. The Morgan fingerprint density at radius 2 is 1.63 bits per heavy atom. The highest BCUT2D eigenvalue weighted by atomic mass is 16.1. The molecule has 0 aliphatic carbocycles. The van der Waals surface area contributed by atoms with Gasteiger partial charge in [-0.1, -0.05) is 12.1 Å². The number of nitrogen functional groups attached to an aromatic ring is 1. The summed E-state index contributed by atoms with van der Waals surface area (Å²) in [5.74, 6) is -0.409. The van der Waals surface area contributed by atoms with Crippen LogP contribution in [0.4, 0.5) is 11.4 Å². The van der Waals surface area contributed by atoms with Gasteiger partial charge >= 0.3 is 0 Å². The van der Waals surface area contributed by atoms with E-state index in [2.05, 4.69) is 5.32 Å². The first kappa shape index (κ1) is 13.0. The molecule has 0 radical (unpaired) electrons. The molecular formula is C15H17N3O. The second kappa shape index (κ2) is 5.91. The number of rotatable bonds is 5. The minimum atomic E-state index is -0.409. The summed E-state index contributed by atoms with van der Waals surface area (Å²) in [6.45, 7) is 0.819. The fourth-order valence-electron chi connectivity index (χ4n) is 1.79.